The van der Waals surface area contributed by atoms with Crippen LogP contribution in [0.3, 0.4) is 0 Å². The lowest BCUT2D eigenvalue weighted by Gasteiger charge is -2.39. The second-order valence-corrected chi connectivity index (χ2v) is 8.45. The van der Waals surface area contributed by atoms with E-state index in [1.807, 2.05) is 25.8 Å². The van der Waals surface area contributed by atoms with Gasteiger partial charge < -0.3 is 14.2 Å². The van der Waals surface area contributed by atoms with E-state index in [4.69, 9.17) is 21.1 Å². The zero-order valence-corrected chi connectivity index (χ0v) is 18.8. The summed E-state index contributed by atoms with van der Waals surface area (Å²) in [7, 11) is 0. The van der Waals surface area contributed by atoms with Crippen LogP contribution in [0.1, 0.15) is 66.2 Å². The Bertz CT molecular complexity index is 530. The summed E-state index contributed by atoms with van der Waals surface area (Å²) in [6, 6.07) is 0. The minimum Gasteiger partial charge on any atom is -0.465 e. The third kappa shape index (κ3) is 10.7. The Kier molecular flexibility index (Phi) is 11.3. The third-order valence-electron chi connectivity index (χ3n) is 4.47. The molecule has 0 N–H and O–H groups in total. The monoisotopic (exact) mass is 434 g/mol. The zero-order valence-electron chi connectivity index (χ0n) is 18.1. The summed E-state index contributed by atoms with van der Waals surface area (Å²) < 4.78 is 15.5. The maximum atomic E-state index is 12.6. The fourth-order valence-electron chi connectivity index (χ4n) is 2.96. The normalized spacial score (nSPS) is 15.6. The van der Waals surface area contributed by atoms with Crippen molar-refractivity contribution in [3.05, 3.63) is 0 Å². The number of esters is 1. The lowest BCUT2D eigenvalue weighted by Crippen LogP contribution is -2.52. The zero-order chi connectivity index (χ0) is 21.9. The van der Waals surface area contributed by atoms with Crippen LogP contribution in [-0.2, 0) is 19.0 Å². The Morgan fingerprint density at radius 2 is 1.62 bits per heavy atom. The number of hydrogen-bond donors (Lipinski definition) is 0. The second-order valence-electron chi connectivity index (χ2n) is 8.15. The highest BCUT2D eigenvalue weighted by Crippen LogP contribution is 2.22. The Labute approximate surface area is 178 Å². The van der Waals surface area contributed by atoms with Crippen LogP contribution in [-0.4, -0.2) is 66.0 Å². The molecule has 0 aromatic carbocycles. The third-order valence-corrected chi connectivity index (χ3v) is 4.58. The van der Waals surface area contributed by atoms with Crippen molar-refractivity contribution in [2.75, 3.05) is 32.8 Å². The maximum Gasteiger partial charge on any atom is 0.424 e. The lowest BCUT2D eigenvalue weighted by molar-refractivity contribution is -0.152. The van der Waals surface area contributed by atoms with Gasteiger partial charge in [0.05, 0.1) is 19.1 Å². The molecule has 0 aromatic heterocycles. The summed E-state index contributed by atoms with van der Waals surface area (Å²) in [6.45, 7) is 9.96. The molecule has 8 nitrogen and oxygen atoms in total. The van der Waals surface area contributed by atoms with Crippen molar-refractivity contribution in [3.8, 4) is 0 Å². The van der Waals surface area contributed by atoms with Crippen LogP contribution in [0.25, 0.3) is 0 Å². The van der Waals surface area contributed by atoms with Crippen molar-refractivity contribution >= 4 is 29.1 Å². The number of amides is 1. The number of nitrogens with zero attached hydrogens (tertiary/aromatic N) is 2. The van der Waals surface area contributed by atoms with E-state index in [1.54, 1.807) is 5.01 Å². The number of carbonyl (C=O) groups is 3. The summed E-state index contributed by atoms with van der Waals surface area (Å²) in [4.78, 5) is 35.3. The van der Waals surface area contributed by atoms with Gasteiger partial charge in [0.25, 0.3) is 0 Å². The molecule has 0 spiro atoms. The molecule has 0 aromatic rings. The summed E-state index contributed by atoms with van der Waals surface area (Å²) in [5.74, 6) is -0.380. The van der Waals surface area contributed by atoms with Crippen molar-refractivity contribution in [2.45, 2.75) is 71.8 Å². The molecular formula is C20H35ClN2O6. The van der Waals surface area contributed by atoms with E-state index in [2.05, 4.69) is 11.7 Å². The van der Waals surface area contributed by atoms with E-state index in [1.165, 1.54) is 0 Å². The molecule has 168 valence electrons. The predicted octanol–water partition coefficient (Wildman–Crippen LogP) is 4.35. The molecule has 1 rings (SSSR count). The van der Waals surface area contributed by atoms with Gasteiger partial charge in [-0.05, 0) is 52.9 Å². The smallest absolute Gasteiger partial charge is 0.424 e. The van der Waals surface area contributed by atoms with E-state index in [9.17, 15) is 14.4 Å². The van der Waals surface area contributed by atoms with Crippen LogP contribution < -0.4 is 0 Å². The molecule has 1 saturated heterocycles. The number of carbonyl (C=O) groups excluding carboxylic acids is 3. The van der Waals surface area contributed by atoms with Gasteiger partial charge in [0, 0.05) is 31.2 Å². The van der Waals surface area contributed by atoms with E-state index < -0.39 is 11.0 Å². The molecule has 29 heavy (non-hydrogen) atoms. The van der Waals surface area contributed by atoms with Gasteiger partial charge in [-0.15, -0.1) is 0 Å². The van der Waals surface area contributed by atoms with Crippen molar-refractivity contribution < 1.29 is 28.6 Å². The van der Waals surface area contributed by atoms with Crippen LogP contribution in [0.2, 0.25) is 0 Å². The highest BCUT2D eigenvalue weighted by Gasteiger charge is 2.32. The molecular weight excluding hydrogens is 400 g/mol. The average molecular weight is 435 g/mol. The quantitative estimate of drug-likeness (QED) is 0.218. The largest absolute Gasteiger partial charge is 0.465 e. The first kappa shape index (κ1) is 25.5. The van der Waals surface area contributed by atoms with Crippen LogP contribution in [0.15, 0.2) is 0 Å². The Balaban J connectivity index is 2.41. The molecule has 0 aliphatic carbocycles. The fourth-order valence-corrected chi connectivity index (χ4v) is 3.04. The van der Waals surface area contributed by atoms with Crippen LogP contribution in [0, 0.1) is 5.92 Å². The number of hydrazine groups is 1. The highest BCUT2D eigenvalue weighted by atomic mass is 35.5. The summed E-state index contributed by atoms with van der Waals surface area (Å²) in [6.07, 6.45) is 3.99. The van der Waals surface area contributed by atoms with Gasteiger partial charge in [-0.25, -0.2) is 19.6 Å². The van der Waals surface area contributed by atoms with Crippen molar-refractivity contribution in [3.63, 3.8) is 0 Å². The van der Waals surface area contributed by atoms with Crippen molar-refractivity contribution in [2.24, 2.45) is 5.92 Å². The second kappa shape index (κ2) is 12.9. The number of piperidine rings is 1. The first-order chi connectivity index (χ1) is 13.6. The SMILES string of the molecule is CCCCN(C(=O)OC(C)(C)C)N1CCC(C(=O)OCCCCOC(=O)Cl)CC1. The number of hydrogen-bond acceptors (Lipinski definition) is 7. The van der Waals surface area contributed by atoms with Gasteiger partial charge in [-0.3, -0.25) is 4.79 Å². The Morgan fingerprint density at radius 1 is 1.03 bits per heavy atom. The molecule has 1 amide bonds. The maximum absolute atomic E-state index is 12.6. The standard InChI is InChI=1S/C20H35ClN2O6/c1-5-6-11-23(19(26)29-20(2,3)4)22-12-9-16(10-13-22)17(24)27-14-7-8-15-28-18(21)25/h16H,5-15H2,1-4H3. The van der Waals surface area contributed by atoms with Crippen molar-refractivity contribution in [1.29, 1.82) is 0 Å². The Morgan fingerprint density at radius 3 is 2.14 bits per heavy atom. The van der Waals surface area contributed by atoms with Crippen LogP contribution in [0.4, 0.5) is 9.59 Å². The molecule has 1 aliphatic heterocycles. The topological polar surface area (TPSA) is 85.4 Å². The minimum absolute atomic E-state index is 0.168. The molecule has 1 heterocycles. The molecule has 1 aliphatic rings. The molecule has 0 atom stereocenters. The predicted molar refractivity (Wildman–Crippen MR) is 110 cm³/mol. The van der Waals surface area contributed by atoms with E-state index >= 15 is 0 Å². The number of unbranched alkanes of at least 4 members (excludes halogenated alkanes) is 2. The molecule has 9 heteroatoms. The molecule has 0 saturated carbocycles. The van der Waals surface area contributed by atoms with Gasteiger partial charge in [0.1, 0.15) is 5.60 Å². The minimum atomic E-state index is -0.826. The number of halogens is 1. The summed E-state index contributed by atoms with van der Waals surface area (Å²) >= 11 is 5.07. The molecule has 1 fully saturated rings. The summed E-state index contributed by atoms with van der Waals surface area (Å²) in [5.41, 5.74) is -1.38. The number of rotatable bonds is 10. The van der Waals surface area contributed by atoms with E-state index in [-0.39, 0.29) is 24.6 Å². The van der Waals surface area contributed by atoms with E-state index in [0.717, 1.165) is 12.8 Å². The molecule has 0 bridgehead atoms. The van der Waals surface area contributed by atoms with Crippen LogP contribution >= 0.6 is 11.6 Å². The average Bonchev–Trinajstić information content (AvgIpc) is 2.63. The van der Waals surface area contributed by atoms with Gasteiger partial charge in [-0.1, -0.05) is 13.3 Å². The highest BCUT2D eigenvalue weighted by molar-refractivity contribution is 6.61. The first-order valence-corrected chi connectivity index (χ1v) is 10.8. The van der Waals surface area contributed by atoms with Gasteiger partial charge in [0.15, 0.2) is 0 Å². The van der Waals surface area contributed by atoms with Gasteiger partial charge in [0.2, 0.25) is 0 Å². The van der Waals surface area contributed by atoms with Crippen LogP contribution in [0.5, 0.6) is 0 Å². The molecule has 0 unspecified atom stereocenters. The number of ether oxygens (including phenoxy) is 3. The molecule has 0 radical (unpaired) electrons. The summed E-state index contributed by atoms with van der Waals surface area (Å²) in [5, 5.41) is 3.66. The fraction of sp³-hybridized carbons (Fsp3) is 0.850. The van der Waals surface area contributed by atoms with Crippen molar-refractivity contribution in [1.82, 2.24) is 10.0 Å². The van der Waals surface area contributed by atoms with Gasteiger partial charge in [-0.2, -0.15) is 0 Å². The lowest BCUT2D eigenvalue weighted by atomic mass is 9.98. The Hall–Kier alpha value is -1.54. The van der Waals surface area contributed by atoms with E-state index in [0.29, 0.717) is 51.9 Å². The first-order valence-electron chi connectivity index (χ1n) is 10.4. The van der Waals surface area contributed by atoms with Gasteiger partial charge >= 0.3 is 17.5 Å².